The average molecular weight is 262 g/mol. The number of benzene rings is 1. The van der Waals surface area contributed by atoms with Crippen molar-refractivity contribution in [2.75, 3.05) is 26.1 Å². The molecule has 0 bridgehead atoms. The summed E-state index contributed by atoms with van der Waals surface area (Å²) in [7, 11) is 5.43. The Kier molecular flexibility index (Phi) is 3.80. The standard InChI is InChI=1S/C15H22N2O2/c1-15(14(18)19-4,16-12-7-8-12)11-5-9-13(10-6-11)17(2)3/h5-6,9-10,12,16H,7-8H2,1-4H3. The third-order valence-electron chi connectivity index (χ3n) is 3.62. The first kappa shape index (κ1) is 13.9. The molecule has 1 atom stereocenters. The second-order valence-corrected chi connectivity index (χ2v) is 5.48. The number of rotatable bonds is 5. The van der Waals surface area contributed by atoms with Crippen molar-refractivity contribution in [2.24, 2.45) is 0 Å². The summed E-state index contributed by atoms with van der Waals surface area (Å²) in [5.41, 5.74) is 1.29. The quantitative estimate of drug-likeness (QED) is 0.823. The normalized spacial score (nSPS) is 17.7. The van der Waals surface area contributed by atoms with Gasteiger partial charge >= 0.3 is 5.97 Å². The Morgan fingerprint density at radius 2 is 1.89 bits per heavy atom. The van der Waals surface area contributed by atoms with E-state index in [1.165, 1.54) is 7.11 Å². The van der Waals surface area contributed by atoms with Crippen LogP contribution < -0.4 is 10.2 Å². The number of carbonyl (C=O) groups excluding carboxylic acids is 1. The van der Waals surface area contributed by atoms with Gasteiger partial charge in [0.2, 0.25) is 0 Å². The Hall–Kier alpha value is -1.55. The van der Waals surface area contributed by atoms with Crippen molar-refractivity contribution in [2.45, 2.75) is 31.3 Å². The lowest BCUT2D eigenvalue weighted by molar-refractivity contribution is -0.148. The molecular weight excluding hydrogens is 240 g/mol. The molecule has 1 saturated carbocycles. The van der Waals surface area contributed by atoms with Gasteiger partial charge in [-0.1, -0.05) is 12.1 Å². The maximum atomic E-state index is 12.1. The largest absolute Gasteiger partial charge is 0.467 e. The van der Waals surface area contributed by atoms with Gasteiger partial charge in [-0.2, -0.15) is 0 Å². The lowest BCUT2D eigenvalue weighted by Crippen LogP contribution is -2.48. The SMILES string of the molecule is COC(=O)C(C)(NC1CC1)c1ccc(N(C)C)cc1. The number of anilines is 1. The molecule has 0 aromatic heterocycles. The minimum Gasteiger partial charge on any atom is -0.467 e. The molecule has 0 radical (unpaired) electrons. The Balaban J connectivity index is 2.28. The van der Waals surface area contributed by atoms with Gasteiger partial charge in [-0.3, -0.25) is 5.32 Å². The van der Waals surface area contributed by atoms with Gasteiger partial charge in [0.1, 0.15) is 5.54 Å². The van der Waals surface area contributed by atoms with Crippen molar-refractivity contribution in [1.82, 2.24) is 5.32 Å². The summed E-state index contributed by atoms with van der Waals surface area (Å²) in [6.07, 6.45) is 2.25. The van der Waals surface area contributed by atoms with Crippen LogP contribution in [0.1, 0.15) is 25.3 Å². The summed E-state index contributed by atoms with van der Waals surface area (Å²) in [5.74, 6) is -0.239. The number of nitrogens with one attached hydrogen (secondary N) is 1. The fraction of sp³-hybridized carbons (Fsp3) is 0.533. The zero-order valence-corrected chi connectivity index (χ0v) is 12.1. The predicted molar refractivity (Wildman–Crippen MR) is 76.3 cm³/mol. The number of hydrogen-bond acceptors (Lipinski definition) is 4. The molecular formula is C15H22N2O2. The molecule has 19 heavy (non-hydrogen) atoms. The zero-order chi connectivity index (χ0) is 14.0. The molecule has 0 amide bonds. The molecule has 1 aliphatic rings. The Morgan fingerprint density at radius 1 is 1.32 bits per heavy atom. The zero-order valence-electron chi connectivity index (χ0n) is 12.1. The molecule has 0 spiro atoms. The monoisotopic (exact) mass is 262 g/mol. The number of carbonyl (C=O) groups is 1. The van der Waals surface area contributed by atoms with Crippen molar-refractivity contribution in [3.63, 3.8) is 0 Å². The molecule has 0 aliphatic heterocycles. The van der Waals surface area contributed by atoms with Gasteiger partial charge in [0.15, 0.2) is 0 Å². The lowest BCUT2D eigenvalue weighted by atomic mass is 9.91. The number of methoxy groups -OCH3 is 1. The van der Waals surface area contributed by atoms with Gasteiger partial charge in [-0.15, -0.1) is 0 Å². The van der Waals surface area contributed by atoms with Crippen molar-refractivity contribution in [3.05, 3.63) is 29.8 Å². The van der Waals surface area contributed by atoms with E-state index in [1.807, 2.05) is 50.2 Å². The molecule has 1 aliphatic carbocycles. The molecule has 4 nitrogen and oxygen atoms in total. The van der Waals surface area contributed by atoms with Crippen LogP contribution in [-0.4, -0.2) is 33.2 Å². The average Bonchev–Trinajstić information content (AvgIpc) is 3.21. The van der Waals surface area contributed by atoms with Gasteiger partial charge in [-0.05, 0) is 37.5 Å². The highest BCUT2D eigenvalue weighted by Crippen LogP contribution is 2.30. The summed E-state index contributed by atoms with van der Waals surface area (Å²) in [4.78, 5) is 14.2. The van der Waals surface area contributed by atoms with Crippen LogP contribution >= 0.6 is 0 Å². The maximum Gasteiger partial charge on any atom is 0.330 e. The molecule has 0 saturated heterocycles. The maximum absolute atomic E-state index is 12.1. The number of hydrogen-bond donors (Lipinski definition) is 1. The highest BCUT2D eigenvalue weighted by Gasteiger charge is 2.40. The van der Waals surface area contributed by atoms with E-state index in [4.69, 9.17) is 4.74 Å². The van der Waals surface area contributed by atoms with Crippen LogP contribution in [-0.2, 0) is 15.1 Å². The third kappa shape index (κ3) is 2.89. The Bertz CT molecular complexity index is 452. The summed E-state index contributed by atoms with van der Waals surface area (Å²) in [6, 6.07) is 8.44. The number of ether oxygens (including phenoxy) is 1. The fourth-order valence-corrected chi connectivity index (χ4v) is 2.19. The van der Waals surface area contributed by atoms with Gasteiger partial charge in [0.05, 0.1) is 7.11 Å². The van der Waals surface area contributed by atoms with E-state index in [0.717, 1.165) is 24.1 Å². The Labute approximate surface area is 114 Å². The molecule has 1 fully saturated rings. The van der Waals surface area contributed by atoms with Crippen molar-refractivity contribution < 1.29 is 9.53 Å². The fourth-order valence-electron chi connectivity index (χ4n) is 2.19. The van der Waals surface area contributed by atoms with Crippen LogP contribution in [0.2, 0.25) is 0 Å². The Morgan fingerprint density at radius 3 is 2.32 bits per heavy atom. The molecule has 1 aromatic carbocycles. The molecule has 1 unspecified atom stereocenters. The van der Waals surface area contributed by atoms with Crippen LogP contribution in [0.4, 0.5) is 5.69 Å². The minimum atomic E-state index is -0.763. The first-order chi connectivity index (χ1) is 8.97. The lowest BCUT2D eigenvalue weighted by Gasteiger charge is -2.29. The summed E-state index contributed by atoms with van der Waals surface area (Å²) >= 11 is 0. The van der Waals surface area contributed by atoms with Gasteiger partial charge < -0.3 is 9.64 Å². The number of nitrogens with zero attached hydrogens (tertiary/aromatic N) is 1. The first-order valence-corrected chi connectivity index (χ1v) is 6.61. The summed E-state index contributed by atoms with van der Waals surface area (Å²) in [5, 5.41) is 3.39. The van der Waals surface area contributed by atoms with E-state index in [2.05, 4.69) is 5.32 Å². The molecule has 1 N–H and O–H groups in total. The van der Waals surface area contributed by atoms with Crippen molar-refractivity contribution in [3.8, 4) is 0 Å². The van der Waals surface area contributed by atoms with Crippen molar-refractivity contribution in [1.29, 1.82) is 0 Å². The summed E-state index contributed by atoms with van der Waals surface area (Å²) in [6.45, 7) is 1.89. The van der Waals surface area contributed by atoms with Crippen LogP contribution in [0.15, 0.2) is 24.3 Å². The summed E-state index contributed by atoms with van der Waals surface area (Å²) < 4.78 is 4.96. The predicted octanol–water partition coefficient (Wildman–Crippen LogP) is 1.89. The van der Waals surface area contributed by atoms with Gasteiger partial charge in [0.25, 0.3) is 0 Å². The second kappa shape index (κ2) is 5.21. The first-order valence-electron chi connectivity index (χ1n) is 6.61. The van der Waals surface area contributed by atoms with Gasteiger partial charge in [0, 0.05) is 25.8 Å². The molecule has 4 heteroatoms. The van der Waals surface area contributed by atoms with Gasteiger partial charge in [-0.25, -0.2) is 4.79 Å². The van der Waals surface area contributed by atoms with E-state index in [1.54, 1.807) is 0 Å². The smallest absolute Gasteiger partial charge is 0.330 e. The highest BCUT2D eigenvalue weighted by molar-refractivity contribution is 5.82. The van der Waals surface area contributed by atoms with Crippen LogP contribution in [0.3, 0.4) is 0 Å². The van der Waals surface area contributed by atoms with Crippen LogP contribution in [0, 0.1) is 0 Å². The highest BCUT2D eigenvalue weighted by atomic mass is 16.5. The molecule has 0 heterocycles. The second-order valence-electron chi connectivity index (χ2n) is 5.48. The topological polar surface area (TPSA) is 41.6 Å². The van der Waals surface area contributed by atoms with Crippen molar-refractivity contribution >= 4 is 11.7 Å². The van der Waals surface area contributed by atoms with E-state index in [0.29, 0.717) is 6.04 Å². The van der Waals surface area contributed by atoms with E-state index >= 15 is 0 Å². The van der Waals surface area contributed by atoms with Crippen LogP contribution in [0.5, 0.6) is 0 Å². The van der Waals surface area contributed by atoms with E-state index < -0.39 is 5.54 Å². The molecule has 104 valence electrons. The molecule has 1 aromatic rings. The van der Waals surface area contributed by atoms with E-state index in [-0.39, 0.29) is 5.97 Å². The number of esters is 1. The minimum absolute atomic E-state index is 0.239. The van der Waals surface area contributed by atoms with Crippen LogP contribution in [0.25, 0.3) is 0 Å². The van der Waals surface area contributed by atoms with E-state index in [9.17, 15) is 4.79 Å². The molecule has 2 rings (SSSR count). The third-order valence-corrected chi connectivity index (χ3v) is 3.62.